The standard InChI is InChI=1S/C13H21N3O2/c1-2-4-15-12(3-1)13-7-14-10-16(13)8-11-9-17-5-6-18-11/h7,10-12,15H,1-6,8-9H2. The van der Waals surface area contributed by atoms with Crippen molar-refractivity contribution in [2.45, 2.75) is 38.0 Å². The van der Waals surface area contributed by atoms with E-state index in [1.165, 1.54) is 25.0 Å². The third kappa shape index (κ3) is 2.74. The van der Waals surface area contributed by atoms with Crippen LogP contribution < -0.4 is 5.32 Å². The van der Waals surface area contributed by atoms with Gasteiger partial charge in [-0.1, -0.05) is 6.42 Å². The SMILES string of the molecule is c1ncn(CC2COCCO2)c1C1CCCCN1. The molecule has 2 fully saturated rings. The molecule has 2 atom stereocenters. The Morgan fingerprint density at radius 2 is 2.39 bits per heavy atom. The maximum absolute atomic E-state index is 5.70. The zero-order valence-corrected chi connectivity index (χ0v) is 10.7. The number of ether oxygens (including phenoxy) is 2. The highest BCUT2D eigenvalue weighted by Gasteiger charge is 2.21. The average Bonchev–Trinajstić information content (AvgIpc) is 2.89. The monoisotopic (exact) mass is 251 g/mol. The average molecular weight is 251 g/mol. The number of hydrogen-bond acceptors (Lipinski definition) is 4. The van der Waals surface area contributed by atoms with Crippen molar-refractivity contribution in [3.8, 4) is 0 Å². The van der Waals surface area contributed by atoms with Crippen LogP contribution in [0, 0.1) is 0 Å². The van der Waals surface area contributed by atoms with E-state index in [9.17, 15) is 0 Å². The third-order valence-electron chi connectivity index (χ3n) is 3.70. The van der Waals surface area contributed by atoms with Crippen LogP contribution in [-0.2, 0) is 16.0 Å². The summed E-state index contributed by atoms with van der Waals surface area (Å²) in [5.41, 5.74) is 1.28. The van der Waals surface area contributed by atoms with E-state index >= 15 is 0 Å². The van der Waals surface area contributed by atoms with E-state index in [1.54, 1.807) is 0 Å². The molecule has 1 aromatic heterocycles. The summed E-state index contributed by atoms with van der Waals surface area (Å²) in [6, 6.07) is 0.450. The van der Waals surface area contributed by atoms with Gasteiger partial charge in [-0.25, -0.2) is 4.98 Å². The molecule has 0 saturated carbocycles. The Bertz CT molecular complexity index is 368. The molecule has 2 aliphatic heterocycles. The molecule has 0 aromatic carbocycles. The van der Waals surface area contributed by atoms with Crippen molar-refractivity contribution in [3.05, 3.63) is 18.2 Å². The molecule has 1 aromatic rings. The van der Waals surface area contributed by atoms with E-state index in [1.807, 2.05) is 12.5 Å². The Balaban J connectivity index is 1.66. The van der Waals surface area contributed by atoms with E-state index in [4.69, 9.17) is 9.47 Å². The molecule has 3 heterocycles. The lowest BCUT2D eigenvalue weighted by atomic mass is 10.0. The minimum absolute atomic E-state index is 0.162. The fraction of sp³-hybridized carbons (Fsp3) is 0.769. The number of nitrogens with zero attached hydrogens (tertiary/aromatic N) is 2. The van der Waals surface area contributed by atoms with Crippen molar-refractivity contribution in [2.75, 3.05) is 26.4 Å². The fourth-order valence-corrected chi connectivity index (χ4v) is 2.74. The molecule has 18 heavy (non-hydrogen) atoms. The first kappa shape index (κ1) is 12.1. The molecule has 100 valence electrons. The van der Waals surface area contributed by atoms with E-state index in [0.717, 1.165) is 19.7 Å². The summed E-state index contributed by atoms with van der Waals surface area (Å²) in [4.78, 5) is 4.29. The van der Waals surface area contributed by atoms with Crippen LogP contribution in [0.3, 0.4) is 0 Å². The first-order valence-electron chi connectivity index (χ1n) is 6.86. The van der Waals surface area contributed by atoms with Gasteiger partial charge in [-0.15, -0.1) is 0 Å². The highest BCUT2D eigenvalue weighted by Crippen LogP contribution is 2.23. The summed E-state index contributed by atoms with van der Waals surface area (Å²) in [5.74, 6) is 0. The molecule has 0 radical (unpaired) electrons. The Morgan fingerprint density at radius 1 is 1.39 bits per heavy atom. The maximum atomic E-state index is 5.70. The molecular weight excluding hydrogens is 230 g/mol. The maximum Gasteiger partial charge on any atom is 0.0988 e. The minimum atomic E-state index is 0.162. The highest BCUT2D eigenvalue weighted by molar-refractivity contribution is 5.06. The smallest absolute Gasteiger partial charge is 0.0988 e. The fourth-order valence-electron chi connectivity index (χ4n) is 2.74. The molecule has 0 spiro atoms. The third-order valence-corrected chi connectivity index (χ3v) is 3.70. The summed E-state index contributed by atoms with van der Waals surface area (Å²) >= 11 is 0. The molecular formula is C13H21N3O2. The molecule has 5 nitrogen and oxygen atoms in total. The minimum Gasteiger partial charge on any atom is -0.376 e. The summed E-state index contributed by atoms with van der Waals surface area (Å²) in [7, 11) is 0. The van der Waals surface area contributed by atoms with E-state index < -0.39 is 0 Å². The summed E-state index contributed by atoms with van der Waals surface area (Å²) in [5, 5.41) is 3.57. The number of rotatable bonds is 3. The number of aromatic nitrogens is 2. The summed E-state index contributed by atoms with van der Waals surface area (Å²) in [6.07, 6.45) is 7.83. The van der Waals surface area contributed by atoms with Gasteiger partial charge < -0.3 is 19.4 Å². The summed E-state index contributed by atoms with van der Waals surface area (Å²) in [6.45, 7) is 4.07. The van der Waals surface area contributed by atoms with Crippen molar-refractivity contribution in [1.82, 2.24) is 14.9 Å². The van der Waals surface area contributed by atoms with Gasteiger partial charge in [-0.2, -0.15) is 0 Å². The number of imidazole rings is 1. The van der Waals surface area contributed by atoms with Crippen LogP contribution >= 0.6 is 0 Å². The van der Waals surface area contributed by atoms with Gasteiger partial charge in [0.15, 0.2) is 0 Å². The Morgan fingerprint density at radius 3 is 3.17 bits per heavy atom. The second-order valence-electron chi connectivity index (χ2n) is 5.04. The first-order valence-corrected chi connectivity index (χ1v) is 6.86. The van der Waals surface area contributed by atoms with Gasteiger partial charge in [-0.3, -0.25) is 0 Å². The van der Waals surface area contributed by atoms with Gasteiger partial charge in [0.2, 0.25) is 0 Å². The number of nitrogens with one attached hydrogen (secondary N) is 1. The molecule has 2 saturated heterocycles. The lowest BCUT2D eigenvalue weighted by Gasteiger charge is -2.27. The zero-order valence-electron chi connectivity index (χ0n) is 10.7. The molecule has 0 aliphatic carbocycles. The predicted octanol–water partition coefficient (Wildman–Crippen LogP) is 1.11. The molecule has 0 bridgehead atoms. The first-order chi connectivity index (χ1) is 8.93. The van der Waals surface area contributed by atoms with E-state index in [2.05, 4.69) is 14.9 Å². The second kappa shape index (κ2) is 5.82. The van der Waals surface area contributed by atoms with Crippen LogP contribution in [0.15, 0.2) is 12.5 Å². The topological polar surface area (TPSA) is 48.3 Å². The normalized spacial score (nSPS) is 29.3. The van der Waals surface area contributed by atoms with E-state index in [-0.39, 0.29) is 6.10 Å². The van der Waals surface area contributed by atoms with Crippen LogP contribution in [-0.4, -0.2) is 42.0 Å². The Labute approximate surface area is 107 Å². The van der Waals surface area contributed by atoms with Crippen molar-refractivity contribution in [2.24, 2.45) is 0 Å². The molecule has 5 heteroatoms. The highest BCUT2D eigenvalue weighted by atomic mass is 16.6. The van der Waals surface area contributed by atoms with Crippen molar-refractivity contribution in [3.63, 3.8) is 0 Å². The molecule has 0 amide bonds. The van der Waals surface area contributed by atoms with Crippen LogP contribution in [0.4, 0.5) is 0 Å². The van der Waals surface area contributed by atoms with Gasteiger partial charge in [0, 0.05) is 12.2 Å². The van der Waals surface area contributed by atoms with Crippen LogP contribution in [0.5, 0.6) is 0 Å². The Kier molecular flexibility index (Phi) is 3.93. The van der Waals surface area contributed by atoms with Crippen molar-refractivity contribution < 1.29 is 9.47 Å². The van der Waals surface area contributed by atoms with Crippen LogP contribution in [0.25, 0.3) is 0 Å². The Hall–Kier alpha value is -0.910. The number of piperidine rings is 1. The van der Waals surface area contributed by atoms with Gasteiger partial charge in [-0.05, 0) is 19.4 Å². The van der Waals surface area contributed by atoms with Crippen molar-refractivity contribution >= 4 is 0 Å². The summed E-state index contributed by atoms with van der Waals surface area (Å²) < 4.78 is 13.4. The molecule has 2 unspecified atom stereocenters. The lowest BCUT2D eigenvalue weighted by Crippen LogP contribution is -2.34. The van der Waals surface area contributed by atoms with Crippen LogP contribution in [0.2, 0.25) is 0 Å². The van der Waals surface area contributed by atoms with Crippen LogP contribution in [0.1, 0.15) is 31.0 Å². The van der Waals surface area contributed by atoms with Gasteiger partial charge in [0.25, 0.3) is 0 Å². The van der Waals surface area contributed by atoms with Gasteiger partial charge in [0.1, 0.15) is 0 Å². The quantitative estimate of drug-likeness (QED) is 0.874. The molecule has 3 rings (SSSR count). The van der Waals surface area contributed by atoms with E-state index in [0.29, 0.717) is 19.3 Å². The lowest BCUT2D eigenvalue weighted by molar-refractivity contribution is -0.0939. The zero-order chi connectivity index (χ0) is 12.2. The number of hydrogen-bond donors (Lipinski definition) is 1. The van der Waals surface area contributed by atoms with Crippen molar-refractivity contribution in [1.29, 1.82) is 0 Å². The largest absolute Gasteiger partial charge is 0.376 e. The van der Waals surface area contributed by atoms with Gasteiger partial charge >= 0.3 is 0 Å². The van der Waals surface area contributed by atoms with Gasteiger partial charge in [0.05, 0.1) is 44.5 Å². The predicted molar refractivity (Wildman–Crippen MR) is 67.4 cm³/mol. The molecule has 2 aliphatic rings. The second-order valence-corrected chi connectivity index (χ2v) is 5.04. The molecule has 1 N–H and O–H groups in total.